The van der Waals surface area contributed by atoms with E-state index in [-0.39, 0.29) is 7.92 Å². The van der Waals surface area contributed by atoms with E-state index in [4.69, 9.17) is 0 Å². The molecule has 0 aliphatic heterocycles. The van der Waals surface area contributed by atoms with Crippen LogP contribution in [0.25, 0.3) is 0 Å². The Bertz CT molecular complexity index is 195. The third-order valence-electron chi connectivity index (χ3n) is 3.55. The van der Waals surface area contributed by atoms with Crippen molar-refractivity contribution >= 4 is 7.92 Å². The van der Waals surface area contributed by atoms with Gasteiger partial charge in [-0.05, 0) is 27.8 Å². The average molecular weight is 244 g/mol. The Morgan fingerprint density at radius 3 is 1.25 bits per heavy atom. The molecule has 0 N–H and O–H groups in total. The second kappa shape index (κ2) is 4.97. The van der Waals surface area contributed by atoms with E-state index in [2.05, 4.69) is 69.2 Å². The quantitative estimate of drug-likeness (QED) is 0.543. The van der Waals surface area contributed by atoms with Gasteiger partial charge in [-0.15, -0.1) is 0 Å². The SMILES string of the molecule is CC(CP(C(C)(C)C)C(C)(C)C)C(C)(C)C. The van der Waals surface area contributed by atoms with Crippen LogP contribution in [-0.4, -0.2) is 16.5 Å². The van der Waals surface area contributed by atoms with Crippen LogP contribution in [0.2, 0.25) is 0 Å². The van der Waals surface area contributed by atoms with Gasteiger partial charge in [-0.3, -0.25) is 0 Å². The molecule has 0 heterocycles. The normalized spacial score (nSPS) is 16.7. The molecule has 16 heavy (non-hydrogen) atoms. The Morgan fingerprint density at radius 2 is 1.06 bits per heavy atom. The van der Waals surface area contributed by atoms with Gasteiger partial charge in [0.05, 0.1) is 0 Å². The summed E-state index contributed by atoms with van der Waals surface area (Å²) >= 11 is 0. The number of hydrogen-bond acceptors (Lipinski definition) is 0. The standard InChI is InChI=1S/C15H33P/c1-12(13(2,3)4)11-16(14(5,6)7)15(8,9)10/h12H,11H2,1-10H3. The van der Waals surface area contributed by atoms with Crippen molar-refractivity contribution < 1.29 is 0 Å². The summed E-state index contributed by atoms with van der Waals surface area (Å²) < 4.78 is 0. The minimum atomic E-state index is 0.0536. The van der Waals surface area contributed by atoms with Gasteiger partial charge in [0.25, 0.3) is 0 Å². The van der Waals surface area contributed by atoms with Gasteiger partial charge in [0, 0.05) is 0 Å². The zero-order chi connectivity index (χ0) is 13.4. The van der Waals surface area contributed by atoms with Gasteiger partial charge >= 0.3 is 0 Å². The smallest absolute Gasteiger partial charge is 0.0175 e. The molecule has 0 saturated heterocycles. The summed E-state index contributed by atoms with van der Waals surface area (Å²) in [4.78, 5) is 0. The van der Waals surface area contributed by atoms with Crippen molar-refractivity contribution in [1.82, 2.24) is 0 Å². The second-order valence-corrected chi connectivity index (χ2v) is 12.1. The van der Waals surface area contributed by atoms with Crippen LogP contribution in [0.15, 0.2) is 0 Å². The van der Waals surface area contributed by atoms with Crippen molar-refractivity contribution in [2.75, 3.05) is 6.16 Å². The van der Waals surface area contributed by atoms with Crippen LogP contribution in [0.4, 0.5) is 0 Å². The van der Waals surface area contributed by atoms with Gasteiger partial charge in [-0.2, -0.15) is 0 Å². The van der Waals surface area contributed by atoms with E-state index in [1.807, 2.05) is 0 Å². The average Bonchev–Trinajstić information content (AvgIpc) is 1.92. The van der Waals surface area contributed by atoms with E-state index in [0.29, 0.717) is 15.7 Å². The van der Waals surface area contributed by atoms with Crippen LogP contribution in [0.3, 0.4) is 0 Å². The zero-order valence-corrected chi connectivity index (χ0v) is 14.1. The molecule has 1 heteroatoms. The predicted molar refractivity (Wildman–Crippen MR) is 79.9 cm³/mol. The third-order valence-corrected chi connectivity index (χ3v) is 7.71. The Hall–Kier alpha value is 0.430. The summed E-state index contributed by atoms with van der Waals surface area (Å²) in [6.45, 7) is 24.0. The molecule has 0 spiro atoms. The molecule has 0 saturated carbocycles. The van der Waals surface area contributed by atoms with Crippen molar-refractivity contribution in [2.24, 2.45) is 11.3 Å². The van der Waals surface area contributed by atoms with Gasteiger partial charge in [0.15, 0.2) is 0 Å². The summed E-state index contributed by atoms with van der Waals surface area (Å²) in [5.41, 5.74) is 0.442. The summed E-state index contributed by atoms with van der Waals surface area (Å²) in [7, 11) is 0.0536. The molecule has 0 amide bonds. The molecule has 1 unspecified atom stereocenters. The lowest BCUT2D eigenvalue weighted by atomic mass is 9.83. The molecule has 0 aliphatic rings. The van der Waals surface area contributed by atoms with Gasteiger partial charge in [0.1, 0.15) is 0 Å². The zero-order valence-electron chi connectivity index (χ0n) is 13.2. The molecule has 1 atom stereocenters. The maximum Gasteiger partial charge on any atom is -0.0175 e. The first-order valence-corrected chi connectivity index (χ1v) is 8.06. The highest BCUT2D eigenvalue weighted by atomic mass is 31.1. The van der Waals surface area contributed by atoms with E-state index in [1.165, 1.54) is 6.16 Å². The minimum absolute atomic E-state index is 0.0536. The van der Waals surface area contributed by atoms with Crippen LogP contribution in [0.1, 0.15) is 69.2 Å². The van der Waals surface area contributed by atoms with Crippen LogP contribution >= 0.6 is 7.92 Å². The maximum atomic E-state index is 2.42. The summed E-state index contributed by atoms with van der Waals surface area (Å²) in [6, 6.07) is 0. The fraction of sp³-hybridized carbons (Fsp3) is 1.00. The van der Waals surface area contributed by atoms with Crippen molar-refractivity contribution in [2.45, 2.75) is 79.5 Å². The first kappa shape index (κ1) is 16.4. The van der Waals surface area contributed by atoms with E-state index < -0.39 is 0 Å². The van der Waals surface area contributed by atoms with Crippen LogP contribution < -0.4 is 0 Å². The molecule has 0 rings (SSSR count). The Balaban J connectivity index is 4.85. The number of hydrogen-bond donors (Lipinski definition) is 0. The maximum absolute atomic E-state index is 2.42. The van der Waals surface area contributed by atoms with Crippen LogP contribution in [-0.2, 0) is 0 Å². The fourth-order valence-corrected chi connectivity index (χ4v) is 6.31. The molecule has 0 bridgehead atoms. The van der Waals surface area contributed by atoms with Crippen molar-refractivity contribution in [3.05, 3.63) is 0 Å². The number of rotatable bonds is 2. The van der Waals surface area contributed by atoms with Crippen molar-refractivity contribution in [1.29, 1.82) is 0 Å². The predicted octanol–water partition coefficient (Wildman–Crippen LogP) is 5.75. The minimum Gasteiger partial charge on any atom is -0.0954 e. The molecule has 98 valence electrons. The largest absolute Gasteiger partial charge is 0.0954 e. The molecule has 0 nitrogen and oxygen atoms in total. The topological polar surface area (TPSA) is 0 Å². The first-order chi connectivity index (χ1) is 6.76. The summed E-state index contributed by atoms with van der Waals surface area (Å²) in [6.07, 6.45) is 1.39. The fourth-order valence-electron chi connectivity index (χ4n) is 2.10. The third kappa shape index (κ3) is 5.17. The van der Waals surface area contributed by atoms with Gasteiger partial charge in [-0.25, -0.2) is 0 Å². The molecule has 0 aromatic rings. The molecule has 0 aromatic carbocycles. The lowest BCUT2D eigenvalue weighted by Crippen LogP contribution is -2.31. The molecule has 0 aromatic heterocycles. The Kier molecular flexibility index (Phi) is 5.10. The summed E-state index contributed by atoms with van der Waals surface area (Å²) in [5, 5.41) is 0.931. The van der Waals surface area contributed by atoms with E-state index in [9.17, 15) is 0 Å². The van der Waals surface area contributed by atoms with E-state index in [0.717, 1.165) is 5.92 Å². The Morgan fingerprint density at radius 1 is 0.750 bits per heavy atom. The highest BCUT2D eigenvalue weighted by Crippen LogP contribution is 2.61. The van der Waals surface area contributed by atoms with Crippen molar-refractivity contribution in [3.8, 4) is 0 Å². The lowest BCUT2D eigenvalue weighted by molar-refractivity contribution is 0.286. The molecule has 0 fully saturated rings. The second-order valence-electron chi connectivity index (χ2n) is 8.22. The monoisotopic (exact) mass is 244 g/mol. The van der Waals surface area contributed by atoms with Crippen LogP contribution in [0.5, 0.6) is 0 Å². The molecule has 0 radical (unpaired) electrons. The van der Waals surface area contributed by atoms with Gasteiger partial charge < -0.3 is 0 Å². The first-order valence-electron chi connectivity index (χ1n) is 6.54. The Labute approximate surface area is 105 Å². The molecular weight excluding hydrogens is 211 g/mol. The molecular formula is C15H33P. The van der Waals surface area contributed by atoms with Crippen LogP contribution in [0, 0.1) is 11.3 Å². The van der Waals surface area contributed by atoms with E-state index in [1.54, 1.807) is 0 Å². The van der Waals surface area contributed by atoms with Gasteiger partial charge in [-0.1, -0.05) is 77.2 Å². The van der Waals surface area contributed by atoms with Crippen molar-refractivity contribution in [3.63, 3.8) is 0 Å². The van der Waals surface area contributed by atoms with Gasteiger partial charge in [0.2, 0.25) is 0 Å². The highest BCUT2D eigenvalue weighted by molar-refractivity contribution is 7.60. The molecule has 0 aliphatic carbocycles. The lowest BCUT2D eigenvalue weighted by Gasteiger charge is -2.45. The highest BCUT2D eigenvalue weighted by Gasteiger charge is 2.36. The summed E-state index contributed by atoms with van der Waals surface area (Å²) in [5.74, 6) is 0.803. The van der Waals surface area contributed by atoms with E-state index >= 15 is 0 Å².